The first kappa shape index (κ1) is 24.2. The number of carbonyl (C=O) groups excluding carboxylic acids is 1. The first-order chi connectivity index (χ1) is 15.8. The minimum atomic E-state index is -3.55. The molecule has 33 heavy (non-hydrogen) atoms. The molecule has 1 amide bonds. The average molecular weight is 479 g/mol. The van der Waals surface area contributed by atoms with Gasteiger partial charge in [-0.2, -0.15) is 4.31 Å². The van der Waals surface area contributed by atoms with Crippen molar-refractivity contribution in [1.82, 2.24) is 9.62 Å². The van der Waals surface area contributed by atoms with Crippen LogP contribution in [0.4, 0.5) is 0 Å². The van der Waals surface area contributed by atoms with E-state index in [-0.39, 0.29) is 16.6 Å². The van der Waals surface area contributed by atoms with Gasteiger partial charge in [-0.15, -0.1) is 0 Å². The molecule has 2 aliphatic heterocycles. The highest BCUT2D eigenvalue weighted by Gasteiger charge is 2.29. The number of piperazine rings is 1. The SMILES string of the molecule is Cc1c(C(=O)NCCC[NH+]2CC[NH+](C)CC2)oc2ccc(S(=O)(=O)N3CCC(C)CC3)cc12. The molecule has 8 nitrogen and oxygen atoms in total. The third-order valence-electron chi connectivity index (χ3n) is 7.30. The summed E-state index contributed by atoms with van der Waals surface area (Å²) in [7, 11) is -1.31. The van der Waals surface area contributed by atoms with Gasteiger partial charge in [0.15, 0.2) is 5.76 Å². The zero-order valence-corrected chi connectivity index (χ0v) is 20.9. The van der Waals surface area contributed by atoms with Gasteiger partial charge >= 0.3 is 0 Å². The fourth-order valence-corrected chi connectivity index (χ4v) is 6.35. The molecule has 1 aromatic carbocycles. The number of furan rings is 1. The van der Waals surface area contributed by atoms with Crippen LogP contribution in [0.2, 0.25) is 0 Å². The number of fused-ring (bicyclic) bond motifs is 1. The van der Waals surface area contributed by atoms with Crippen LogP contribution in [0.5, 0.6) is 0 Å². The fraction of sp³-hybridized carbons (Fsp3) is 0.625. The summed E-state index contributed by atoms with van der Waals surface area (Å²) in [6.07, 6.45) is 2.69. The molecule has 0 atom stereocenters. The van der Waals surface area contributed by atoms with Crippen molar-refractivity contribution in [1.29, 1.82) is 0 Å². The van der Waals surface area contributed by atoms with Crippen LogP contribution < -0.4 is 15.1 Å². The van der Waals surface area contributed by atoms with E-state index in [1.54, 1.807) is 32.3 Å². The molecule has 4 rings (SSSR count). The standard InChI is InChI=1S/C24H36N4O4S/c1-18-7-11-28(12-8-18)33(30,31)20-5-6-22-21(17-20)19(2)23(32-22)24(29)25-9-4-10-27-15-13-26(3)14-16-27/h5-6,17-18H,4,7-16H2,1-3H3,(H,25,29)/p+2. The van der Waals surface area contributed by atoms with Gasteiger partial charge in [0.25, 0.3) is 5.91 Å². The predicted octanol–water partition coefficient (Wildman–Crippen LogP) is -0.305. The van der Waals surface area contributed by atoms with Gasteiger partial charge in [0, 0.05) is 37.0 Å². The number of hydrogen-bond donors (Lipinski definition) is 3. The van der Waals surface area contributed by atoms with E-state index in [1.165, 1.54) is 26.2 Å². The number of amides is 1. The van der Waals surface area contributed by atoms with Crippen molar-refractivity contribution in [2.45, 2.75) is 38.0 Å². The van der Waals surface area contributed by atoms with Crippen LogP contribution in [0, 0.1) is 12.8 Å². The molecule has 0 spiro atoms. The molecule has 0 radical (unpaired) electrons. The van der Waals surface area contributed by atoms with Crippen molar-refractivity contribution < 1.29 is 27.4 Å². The zero-order chi connectivity index (χ0) is 23.6. The van der Waals surface area contributed by atoms with Crippen LogP contribution in [-0.4, -0.2) is 78.0 Å². The van der Waals surface area contributed by atoms with Gasteiger partial charge < -0.3 is 19.5 Å². The van der Waals surface area contributed by atoms with Crippen molar-refractivity contribution in [3.63, 3.8) is 0 Å². The van der Waals surface area contributed by atoms with E-state index in [9.17, 15) is 13.2 Å². The van der Waals surface area contributed by atoms with Crippen molar-refractivity contribution in [2.75, 3.05) is 59.4 Å². The highest BCUT2D eigenvalue weighted by Crippen LogP contribution is 2.30. The summed E-state index contributed by atoms with van der Waals surface area (Å²) in [6.45, 7) is 11.5. The Morgan fingerprint density at radius 1 is 1.18 bits per heavy atom. The maximum Gasteiger partial charge on any atom is 0.287 e. The topological polar surface area (TPSA) is 88.5 Å². The Labute approximate surface area is 196 Å². The summed E-state index contributed by atoms with van der Waals surface area (Å²) in [5, 5.41) is 3.65. The minimum Gasteiger partial charge on any atom is -0.451 e. The van der Waals surface area contributed by atoms with Crippen molar-refractivity contribution in [2.24, 2.45) is 5.92 Å². The summed E-state index contributed by atoms with van der Waals surface area (Å²) in [6, 6.07) is 4.90. The smallest absolute Gasteiger partial charge is 0.287 e. The molecule has 2 saturated heterocycles. The molecule has 0 saturated carbocycles. The molecule has 9 heteroatoms. The number of piperidine rings is 1. The summed E-state index contributed by atoms with van der Waals surface area (Å²) in [5.41, 5.74) is 1.22. The fourth-order valence-electron chi connectivity index (χ4n) is 4.85. The number of nitrogens with zero attached hydrogens (tertiary/aromatic N) is 1. The monoisotopic (exact) mass is 478 g/mol. The molecular formula is C24H38N4O4S+2. The lowest BCUT2D eigenvalue weighted by Gasteiger charge is -2.29. The molecule has 2 fully saturated rings. The van der Waals surface area contributed by atoms with Gasteiger partial charge in [-0.05, 0) is 43.9 Å². The average Bonchev–Trinajstić information content (AvgIpc) is 3.14. The van der Waals surface area contributed by atoms with Crippen LogP contribution >= 0.6 is 0 Å². The summed E-state index contributed by atoms with van der Waals surface area (Å²) < 4.78 is 33.6. The van der Waals surface area contributed by atoms with E-state index in [0.717, 1.165) is 25.8 Å². The summed E-state index contributed by atoms with van der Waals surface area (Å²) in [5.74, 6) is 0.581. The molecule has 3 N–H and O–H groups in total. The number of hydrogen-bond acceptors (Lipinski definition) is 4. The molecule has 2 aromatic rings. The molecule has 0 bridgehead atoms. The van der Waals surface area contributed by atoms with Crippen molar-refractivity contribution in [3.05, 3.63) is 29.5 Å². The van der Waals surface area contributed by atoms with E-state index < -0.39 is 10.0 Å². The van der Waals surface area contributed by atoms with Crippen LogP contribution in [-0.2, 0) is 10.0 Å². The highest BCUT2D eigenvalue weighted by atomic mass is 32.2. The van der Waals surface area contributed by atoms with Crippen LogP contribution in [0.25, 0.3) is 11.0 Å². The second-order valence-corrected chi connectivity index (χ2v) is 11.8. The second-order valence-electron chi connectivity index (χ2n) is 9.87. The van der Waals surface area contributed by atoms with Crippen LogP contribution in [0.3, 0.4) is 0 Å². The molecule has 182 valence electrons. The van der Waals surface area contributed by atoms with E-state index >= 15 is 0 Å². The van der Waals surface area contributed by atoms with Gasteiger partial charge in [0.2, 0.25) is 10.0 Å². The predicted molar refractivity (Wildman–Crippen MR) is 127 cm³/mol. The van der Waals surface area contributed by atoms with Gasteiger partial charge in [-0.25, -0.2) is 8.42 Å². The minimum absolute atomic E-state index is 0.240. The number of sulfonamides is 1. The normalized spacial score (nSPS) is 23.1. The van der Waals surface area contributed by atoms with Gasteiger partial charge in [-0.3, -0.25) is 4.79 Å². The Bertz CT molecular complexity index is 1080. The molecular weight excluding hydrogens is 440 g/mol. The summed E-state index contributed by atoms with van der Waals surface area (Å²) in [4.78, 5) is 16.2. The largest absolute Gasteiger partial charge is 0.451 e. The Balaban J connectivity index is 1.39. The first-order valence-corrected chi connectivity index (χ1v) is 13.7. The number of quaternary nitrogens is 2. The highest BCUT2D eigenvalue weighted by molar-refractivity contribution is 7.89. The Morgan fingerprint density at radius 3 is 2.58 bits per heavy atom. The van der Waals surface area contributed by atoms with Gasteiger partial charge in [-0.1, -0.05) is 6.92 Å². The molecule has 2 aliphatic rings. The van der Waals surface area contributed by atoms with E-state index in [0.29, 0.717) is 42.1 Å². The number of likely N-dealkylation sites (N-methyl/N-ethyl adjacent to an activating group) is 1. The third-order valence-corrected chi connectivity index (χ3v) is 9.19. The number of nitrogens with one attached hydrogen (secondary N) is 3. The number of aryl methyl sites for hydroxylation is 1. The summed E-state index contributed by atoms with van der Waals surface area (Å²) >= 11 is 0. The lowest BCUT2D eigenvalue weighted by atomic mass is 10.0. The van der Waals surface area contributed by atoms with Crippen molar-refractivity contribution >= 4 is 26.9 Å². The van der Waals surface area contributed by atoms with Gasteiger partial charge in [0.05, 0.1) is 18.5 Å². The van der Waals surface area contributed by atoms with Crippen LogP contribution in [0.15, 0.2) is 27.5 Å². The maximum absolute atomic E-state index is 13.1. The quantitative estimate of drug-likeness (QED) is 0.477. The molecule has 0 aliphatic carbocycles. The van der Waals surface area contributed by atoms with Gasteiger partial charge in [0.1, 0.15) is 31.8 Å². The number of rotatable bonds is 7. The lowest BCUT2D eigenvalue weighted by molar-refractivity contribution is -1.00. The molecule has 3 heterocycles. The second kappa shape index (κ2) is 10.1. The first-order valence-electron chi connectivity index (χ1n) is 12.2. The molecule has 0 unspecified atom stereocenters. The third kappa shape index (κ3) is 5.42. The van der Waals surface area contributed by atoms with E-state index in [1.807, 2.05) is 6.92 Å². The number of carbonyl (C=O) groups is 1. The Morgan fingerprint density at radius 2 is 1.88 bits per heavy atom. The van der Waals surface area contributed by atoms with Crippen LogP contribution in [0.1, 0.15) is 42.3 Å². The van der Waals surface area contributed by atoms with Crippen molar-refractivity contribution in [3.8, 4) is 0 Å². The number of benzene rings is 1. The Hall–Kier alpha value is -1.94. The molecule has 1 aromatic heterocycles. The lowest BCUT2D eigenvalue weighted by Crippen LogP contribution is -3.27. The van der Waals surface area contributed by atoms with E-state index in [2.05, 4.69) is 19.3 Å². The van der Waals surface area contributed by atoms with E-state index in [4.69, 9.17) is 4.42 Å². The maximum atomic E-state index is 13.1. The zero-order valence-electron chi connectivity index (χ0n) is 20.1. The Kier molecular flexibility index (Phi) is 7.43.